The van der Waals surface area contributed by atoms with Gasteiger partial charge in [-0.25, -0.2) is 4.39 Å². The lowest BCUT2D eigenvalue weighted by molar-refractivity contribution is 0.341. The van der Waals surface area contributed by atoms with E-state index in [2.05, 4.69) is 11.2 Å². The molecule has 4 heteroatoms. The average molecular weight is 242 g/mol. The minimum absolute atomic E-state index is 0.152. The molecular weight excluding hydrogens is 223 g/mol. The molecule has 0 amide bonds. The molecular formula is C12H19FN2S. The number of nitrogens with zero attached hydrogens (tertiary/aromatic N) is 1. The van der Waals surface area contributed by atoms with Gasteiger partial charge in [0.25, 0.3) is 0 Å². The molecule has 0 atom stereocenters. The van der Waals surface area contributed by atoms with Crippen molar-refractivity contribution in [3.63, 3.8) is 0 Å². The Bertz CT molecular complexity index is 331. The molecule has 2 N–H and O–H groups in total. The van der Waals surface area contributed by atoms with Crippen LogP contribution in [-0.4, -0.2) is 30.5 Å². The van der Waals surface area contributed by atoms with Crippen LogP contribution in [0.1, 0.15) is 11.1 Å². The maximum atomic E-state index is 13.8. The van der Waals surface area contributed by atoms with E-state index in [0.717, 1.165) is 17.9 Å². The second-order valence-electron chi connectivity index (χ2n) is 3.82. The summed E-state index contributed by atoms with van der Waals surface area (Å²) in [5.41, 5.74) is 6.80. The minimum atomic E-state index is -0.152. The van der Waals surface area contributed by atoms with E-state index in [1.807, 2.05) is 19.2 Å². The van der Waals surface area contributed by atoms with E-state index < -0.39 is 0 Å². The molecule has 90 valence electrons. The van der Waals surface area contributed by atoms with E-state index in [4.69, 9.17) is 5.73 Å². The second kappa shape index (κ2) is 6.89. The van der Waals surface area contributed by atoms with E-state index in [1.165, 1.54) is 0 Å². The Hall–Kier alpha value is -0.580. The Morgan fingerprint density at radius 1 is 1.38 bits per heavy atom. The van der Waals surface area contributed by atoms with Gasteiger partial charge in [-0.3, -0.25) is 0 Å². The number of halogens is 1. The lowest BCUT2D eigenvalue weighted by Gasteiger charge is -2.17. The van der Waals surface area contributed by atoms with Crippen molar-refractivity contribution in [3.05, 3.63) is 35.1 Å². The van der Waals surface area contributed by atoms with Crippen molar-refractivity contribution in [2.24, 2.45) is 5.73 Å². The predicted octanol–water partition coefficient (Wildman–Crippen LogP) is 2.08. The van der Waals surface area contributed by atoms with Gasteiger partial charge in [0.2, 0.25) is 0 Å². The van der Waals surface area contributed by atoms with Crippen LogP contribution in [0.15, 0.2) is 18.2 Å². The van der Waals surface area contributed by atoms with Crippen LogP contribution in [0, 0.1) is 5.82 Å². The lowest BCUT2D eigenvalue weighted by Crippen LogP contribution is -2.21. The molecule has 0 aromatic heterocycles. The highest BCUT2D eigenvalue weighted by atomic mass is 32.2. The number of hydrogen-bond donors (Lipinski definition) is 1. The second-order valence-corrected chi connectivity index (χ2v) is 4.81. The molecule has 0 fully saturated rings. The molecule has 0 aliphatic rings. The monoisotopic (exact) mass is 242 g/mol. The number of thioether (sulfide) groups is 1. The molecule has 0 radical (unpaired) electrons. The first-order chi connectivity index (χ1) is 7.69. The van der Waals surface area contributed by atoms with Gasteiger partial charge in [0.1, 0.15) is 5.82 Å². The van der Waals surface area contributed by atoms with E-state index in [0.29, 0.717) is 12.1 Å². The van der Waals surface area contributed by atoms with Gasteiger partial charge < -0.3 is 10.6 Å². The third-order valence-electron chi connectivity index (χ3n) is 2.50. The molecule has 1 rings (SSSR count). The first-order valence-corrected chi connectivity index (χ1v) is 6.72. The van der Waals surface area contributed by atoms with Crippen LogP contribution in [0.5, 0.6) is 0 Å². The first kappa shape index (κ1) is 13.5. The van der Waals surface area contributed by atoms with Crippen molar-refractivity contribution in [1.82, 2.24) is 4.90 Å². The Balaban J connectivity index is 2.66. The molecule has 0 spiro atoms. The van der Waals surface area contributed by atoms with E-state index >= 15 is 0 Å². The molecule has 0 heterocycles. The van der Waals surface area contributed by atoms with Crippen LogP contribution < -0.4 is 5.73 Å². The minimum Gasteiger partial charge on any atom is -0.326 e. The summed E-state index contributed by atoms with van der Waals surface area (Å²) in [4.78, 5) is 2.12. The van der Waals surface area contributed by atoms with Crippen molar-refractivity contribution >= 4 is 11.8 Å². The molecule has 0 saturated heterocycles. The van der Waals surface area contributed by atoms with Gasteiger partial charge >= 0.3 is 0 Å². The molecule has 1 aromatic carbocycles. The summed E-state index contributed by atoms with van der Waals surface area (Å²) in [7, 11) is 2.00. The number of rotatable bonds is 6. The Morgan fingerprint density at radius 3 is 2.69 bits per heavy atom. The SMILES string of the molecule is CSCCN(C)Cc1cccc(CN)c1F. The molecule has 0 aliphatic heterocycles. The van der Waals surface area contributed by atoms with Crippen LogP contribution >= 0.6 is 11.8 Å². The van der Waals surface area contributed by atoms with Gasteiger partial charge in [-0.05, 0) is 13.3 Å². The van der Waals surface area contributed by atoms with Gasteiger partial charge in [0.15, 0.2) is 0 Å². The zero-order valence-corrected chi connectivity index (χ0v) is 10.7. The molecule has 0 saturated carbocycles. The lowest BCUT2D eigenvalue weighted by atomic mass is 10.1. The van der Waals surface area contributed by atoms with Crippen LogP contribution in [0.25, 0.3) is 0 Å². The van der Waals surface area contributed by atoms with E-state index in [-0.39, 0.29) is 12.4 Å². The number of nitrogens with two attached hydrogens (primary N) is 1. The van der Waals surface area contributed by atoms with Gasteiger partial charge in [-0.1, -0.05) is 18.2 Å². The number of hydrogen-bond acceptors (Lipinski definition) is 3. The predicted molar refractivity (Wildman–Crippen MR) is 69.0 cm³/mol. The topological polar surface area (TPSA) is 29.3 Å². The Morgan fingerprint density at radius 2 is 2.06 bits per heavy atom. The van der Waals surface area contributed by atoms with Crippen molar-refractivity contribution in [2.75, 3.05) is 25.6 Å². The van der Waals surface area contributed by atoms with Gasteiger partial charge in [0, 0.05) is 36.5 Å². The summed E-state index contributed by atoms with van der Waals surface area (Å²) in [6.07, 6.45) is 2.07. The molecule has 2 nitrogen and oxygen atoms in total. The fourth-order valence-corrected chi connectivity index (χ4v) is 2.02. The molecule has 0 aliphatic carbocycles. The summed E-state index contributed by atoms with van der Waals surface area (Å²) in [5, 5.41) is 0. The fourth-order valence-electron chi connectivity index (χ4n) is 1.53. The van der Waals surface area contributed by atoms with Crippen molar-refractivity contribution in [1.29, 1.82) is 0 Å². The smallest absolute Gasteiger partial charge is 0.132 e. The standard InChI is InChI=1S/C12H19FN2S/c1-15(6-7-16-2)9-11-5-3-4-10(8-14)12(11)13/h3-5H,6-9,14H2,1-2H3. The quantitative estimate of drug-likeness (QED) is 0.828. The Labute approximate surface area is 101 Å². The summed E-state index contributed by atoms with van der Waals surface area (Å²) < 4.78 is 13.8. The van der Waals surface area contributed by atoms with Crippen LogP contribution in [-0.2, 0) is 13.1 Å². The maximum Gasteiger partial charge on any atom is 0.132 e. The summed E-state index contributed by atoms with van der Waals surface area (Å²) in [6.45, 7) is 1.86. The Kier molecular flexibility index (Phi) is 5.80. The van der Waals surface area contributed by atoms with Crippen LogP contribution in [0.3, 0.4) is 0 Å². The molecule has 0 unspecified atom stereocenters. The zero-order chi connectivity index (χ0) is 12.0. The summed E-state index contributed by atoms with van der Waals surface area (Å²) >= 11 is 1.80. The van der Waals surface area contributed by atoms with Gasteiger partial charge in [-0.15, -0.1) is 0 Å². The number of benzene rings is 1. The van der Waals surface area contributed by atoms with Gasteiger partial charge in [-0.2, -0.15) is 11.8 Å². The average Bonchev–Trinajstić information content (AvgIpc) is 2.29. The molecule has 1 aromatic rings. The third kappa shape index (κ3) is 3.77. The summed E-state index contributed by atoms with van der Waals surface area (Å²) in [5.74, 6) is 0.912. The normalized spacial score (nSPS) is 11.1. The largest absolute Gasteiger partial charge is 0.326 e. The summed E-state index contributed by atoms with van der Waals surface area (Å²) in [6, 6.07) is 5.42. The van der Waals surface area contributed by atoms with E-state index in [1.54, 1.807) is 17.8 Å². The van der Waals surface area contributed by atoms with Gasteiger partial charge in [0.05, 0.1) is 0 Å². The van der Waals surface area contributed by atoms with Crippen LogP contribution in [0.2, 0.25) is 0 Å². The zero-order valence-electron chi connectivity index (χ0n) is 9.87. The maximum absolute atomic E-state index is 13.8. The molecule has 0 bridgehead atoms. The van der Waals surface area contributed by atoms with Crippen molar-refractivity contribution < 1.29 is 4.39 Å². The van der Waals surface area contributed by atoms with Crippen LogP contribution in [0.4, 0.5) is 4.39 Å². The van der Waals surface area contributed by atoms with Crippen molar-refractivity contribution in [3.8, 4) is 0 Å². The fraction of sp³-hybridized carbons (Fsp3) is 0.500. The van der Waals surface area contributed by atoms with E-state index in [9.17, 15) is 4.39 Å². The first-order valence-electron chi connectivity index (χ1n) is 5.32. The highest BCUT2D eigenvalue weighted by Gasteiger charge is 2.08. The highest BCUT2D eigenvalue weighted by Crippen LogP contribution is 2.14. The van der Waals surface area contributed by atoms with Crippen molar-refractivity contribution in [2.45, 2.75) is 13.1 Å². The third-order valence-corrected chi connectivity index (χ3v) is 3.09. The highest BCUT2D eigenvalue weighted by molar-refractivity contribution is 7.98. The molecule has 16 heavy (non-hydrogen) atoms.